The highest BCUT2D eigenvalue weighted by Crippen LogP contribution is 2.21. The first-order valence-electron chi connectivity index (χ1n) is 4.97. The van der Waals surface area contributed by atoms with Crippen LogP contribution in [-0.2, 0) is 0 Å². The van der Waals surface area contributed by atoms with E-state index in [1.54, 1.807) is 0 Å². The van der Waals surface area contributed by atoms with Gasteiger partial charge in [-0.2, -0.15) is 12.6 Å². The van der Waals surface area contributed by atoms with Gasteiger partial charge in [0, 0.05) is 0 Å². The second-order valence-electron chi connectivity index (χ2n) is 3.57. The molecule has 0 aromatic heterocycles. The van der Waals surface area contributed by atoms with Crippen LogP contribution in [0.25, 0.3) is 0 Å². The Bertz CT molecular complexity index is 410. The number of benzene rings is 1. The summed E-state index contributed by atoms with van der Waals surface area (Å²) < 4.78 is 13.3. The lowest BCUT2D eigenvalue weighted by atomic mass is 10.0. The highest BCUT2D eigenvalue weighted by Gasteiger charge is 2.20. The molecule has 0 amide bonds. The molecule has 0 spiro atoms. The quantitative estimate of drug-likeness (QED) is 0.601. The Balaban J connectivity index is 2.93. The number of thiol groups is 1. The Morgan fingerprint density at radius 3 is 2.53 bits per heavy atom. The Labute approximate surface area is 103 Å². The molecule has 0 aliphatic carbocycles. The molecule has 2 unspecified atom stereocenters. The van der Waals surface area contributed by atoms with Gasteiger partial charge in [0.05, 0.1) is 11.7 Å². The predicted octanol–water partition coefficient (Wildman–Crippen LogP) is 1.24. The van der Waals surface area contributed by atoms with Crippen molar-refractivity contribution in [3.8, 4) is 0 Å². The topological polar surface area (TPSA) is 77.8 Å². The van der Waals surface area contributed by atoms with E-state index in [1.165, 1.54) is 6.07 Å². The SMILES string of the molecule is O=C(O)c1ccc(C(O)C(O)CCS)cc1F. The highest BCUT2D eigenvalue weighted by molar-refractivity contribution is 7.80. The van der Waals surface area contributed by atoms with E-state index in [9.17, 15) is 19.4 Å². The van der Waals surface area contributed by atoms with Crippen molar-refractivity contribution in [3.05, 3.63) is 35.1 Å². The van der Waals surface area contributed by atoms with Gasteiger partial charge in [-0.1, -0.05) is 6.07 Å². The van der Waals surface area contributed by atoms with E-state index in [0.29, 0.717) is 5.75 Å². The van der Waals surface area contributed by atoms with E-state index >= 15 is 0 Å². The summed E-state index contributed by atoms with van der Waals surface area (Å²) in [6, 6.07) is 3.25. The van der Waals surface area contributed by atoms with Crippen molar-refractivity contribution in [2.45, 2.75) is 18.6 Å². The molecule has 0 saturated carbocycles. The van der Waals surface area contributed by atoms with E-state index in [2.05, 4.69) is 12.6 Å². The van der Waals surface area contributed by atoms with Crippen LogP contribution in [0, 0.1) is 5.82 Å². The van der Waals surface area contributed by atoms with Gasteiger partial charge in [-0.05, 0) is 29.9 Å². The lowest BCUT2D eigenvalue weighted by molar-refractivity contribution is 0.0170. The summed E-state index contributed by atoms with van der Waals surface area (Å²) in [4.78, 5) is 10.6. The fourth-order valence-electron chi connectivity index (χ4n) is 1.40. The molecule has 0 radical (unpaired) electrons. The standard InChI is InChI=1S/C11H13FO4S/c12-8-5-6(1-2-7(8)11(15)16)10(14)9(13)3-4-17/h1-2,5,9-10,13-14,17H,3-4H2,(H,15,16). The fourth-order valence-corrected chi connectivity index (χ4v) is 1.67. The average molecular weight is 260 g/mol. The number of carboxylic acid groups (broad SMARTS) is 1. The molecule has 1 aromatic rings. The van der Waals surface area contributed by atoms with Crippen LogP contribution in [-0.4, -0.2) is 33.1 Å². The first kappa shape index (κ1) is 14.0. The number of aliphatic hydroxyl groups excluding tert-OH is 2. The maximum absolute atomic E-state index is 13.3. The molecule has 3 N–H and O–H groups in total. The van der Waals surface area contributed by atoms with Gasteiger partial charge in [0.15, 0.2) is 0 Å². The minimum atomic E-state index is -1.38. The van der Waals surface area contributed by atoms with Gasteiger partial charge in [0.2, 0.25) is 0 Å². The van der Waals surface area contributed by atoms with Crippen molar-refractivity contribution in [2.24, 2.45) is 0 Å². The first-order chi connectivity index (χ1) is 7.97. The Morgan fingerprint density at radius 1 is 1.41 bits per heavy atom. The molecule has 0 bridgehead atoms. The molecule has 0 saturated heterocycles. The summed E-state index contributed by atoms with van der Waals surface area (Å²) in [5.41, 5.74) is -0.327. The van der Waals surface area contributed by atoms with Gasteiger partial charge in [-0.3, -0.25) is 0 Å². The van der Waals surface area contributed by atoms with E-state index in [4.69, 9.17) is 5.11 Å². The molecule has 0 aliphatic rings. The van der Waals surface area contributed by atoms with Gasteiger partial charge < -0.3 is 15.3 Å². The smallest absolute Gasteiger partial charge is 0.338 e. The van der Waals surface area contributed by atoms with E-state index in [-0.39, 0.29) is 12.0 Å². The summed E-state index contributed by atoms with van der Waals surface area (Å²) in [7, 11) is 0. The number of rotatable bonds is 5. The largest absolute Gasteiger partial charge is 0.478 e. The first-order valence-corrected chi connectivity index (χ1v) is 5.60. The molecule has 4 nitrogen and oxygen atoms in total. The molecular formula is C11H13FO4S. The molecule has 1 aromatic carbocycles. The number of hydrogen-bond donors (Lipinski definition) is 4. The minimum absolute atomic E-state index is 0.141. The molecule has 0 fully saturated rings. The summed E-state index contributed by atoms with van der Waals surface area (Å²) in [6.07, 6.45) is -2.05. The van der Waals surface area contributed by atoms with Crippen LogP contribution >= 0.6 is 12.6 Å². The lowest BCUT2D eigenvalue weighted by Gasteiger charge is -2.17. The summed E-state index contributed by atoms with van der Waals surface area (Å²) in [5, 5.41) is 27.8. The number of carbonyl (C=O) groups is 1. The third kappa shape index (κ3) is 3.42. The van der Waals surface area contributed by atoms with Crippen LogP contribution in [0.1, 0.15) is 28.4 Å². The fraction of sp³-hybridized carbons (Fsp3) is 0.364. The van der Waals surface area contributed by atoms with E-state index in [1.807, 2.05) is 0 Å². The van der Waals surface area contributed by atoms with Crippen molar-refractivity contribution in [1.82, 2.24) is 0 Å². The molecule has 0 aliphatic heterocycles. The van der Waals surface area contributed by atoms with Crippen molar-refractivity contribution in [1.29, 1.82) is 0 Å². The zero-order valence-electron chi connectivity index (χ0n) is 8.88. The Hall–Kier alpha value is -1.11. The van der Waals surface area contributed by atoms with Crippen molar-refractivity contribution in [2.75, 3.05) is 5.75 Å². The average Bonchev–Trinajstić information content (AvgIpc) is 2.27. The van der Waals surface area contributed by atoms with E-state index < -0.39 is 29.6 Å². The summed E-state index contributed by atoms with van der Waals surface area (Å²) in [6.45, 7) is 0. The summed E-state index contributed by atoms with van der Waals surface area (Å²) >= 11 is 3.91. The molecule has 2 atom stereocenters. The molecule has 17 heavy (non-hydrogen) atoms. The van der Waals surface area contributed by atoms with Gasteiger partial charge >= 0.3 is 5.97 Å². The molecule has 1 rings (SSSR count). The van der Waals surface area contributed by atoms with Crippen LogP contribution in [0.2, 0.25) is 0 Å². The van der Waals surface area contributed by atoms with Crippen molar-refractivity contribution < 1.29 is 24.5 Å². The van der Waals surface area contributed by atoms with Gasteiger partial charge in [-0.15, -0.1) is 0 Å². The maximum atomic E-state index is 13.3. The summed E-state index contributed by atoms with van der Waals surface area (Å²) in [5.74, 6) is -1.93. The third-order valence-electron chi connectivity index (χ3n) is 2.35. The second-order valence-corrected chi connectivity index (χ2v) is 4.02. The van der Waals surface area contributed by atoms with Crippen molar-refractivity contribution >= 4 is 18.6 Å². The minimum Gasteiger partial charge on any atom is -0.478 e. The number of carboxylic acids is 1. The van der Waals surface area contributed by atoms with Crippen LogP contribution in [0.15, 0.2) is 18.2 Å². The van der Waals surface area contributed by atoms with Gasteiger partial charge in [0.25, 0.3) is 0 Å². The van der Waals surface area contributed by atoms with Crippen molar-refractivity contribution in [3.63, 3.8) is 0 Å². The molecule has 6 heteroatoms. The zero-order valence-corrected chi connectivity index (χ0v) is 9.77. The highest BCUT2D eigenvalue weighted by atomic mass is 32.1. The predicted molar refractivity (Wildman–Crippen MR) is 62.8 cm³/mol. The molecule has 0 heterocycles. The monoisotopic (exact) mass is 260 g/mol. The number of hydrogen-bond acceptors (Lipinski definition) is 4. The number of aliphatic hydroxyl groups is 2. The van der Waals surface area contributed by atoms with Gasteiger partial charge in [0.1, 0.15) is 11.9 Å². The lowest BCUT2D eigenvalue weighted by Crippen LogP contribution is -2.19. The van der Waals surface area contributed by atoms with Gasteiger partial charge in [-0.25, -0.2) is 9.18 Å². The maximum Gasteiger partial charge on any atom is 0.338 e. The third-order valence-corrected chi connectivity index (χ3v) is 2.61. The van der Waals surface area contributed by atoms with Crippen LogP contribution in [0.5, 0.6) is 0 Å². The number of halogens is 1. The Morgan fingerprint density at radius 2 is 2.06 bits per heavy atom. The van der Waals surface area contributed by atoms with Crippen LogP contribution in [0.3, 0.4) is 0 Å². The molecular weight excluding hydrogens is 247 g/mol. The van der Waals surface area contributed by atoms with Crippen LogP contribution < -0.4 is 0 Å². The van der Waals surface area contributed by atoms with E-state index in [0.717, 1.165) is 12.1 Å². The zero-order chi connectivity index (χ0) is 13.0. The Kier molecular flexibility index (Phi) is 4.92. The molecule has 94 valence electrons. The number of aromatic carboxylic acids is 1. The van der Waals surface area contributed by atoms with Crippen LogP contribution in [0.4, 0.5) is 4.39 Å². The second kappa shape index (κ2) is 6.00. The normalized spacial score (nSPS) is 14.4.